The van der Waals surface area contributed by atoms with Gasteiger partial charge in [0, 0.05) is 17.0 Å². The third-order valence-electron chi connectivity index (χ3n) is 4.16. The van der Waals surface area contributed by atoms with E-state index in [1.807, 2.05) is 0 Å². The molecule has 1 aromatic carbocycles. The zero-order valence-electron chi connectivity index (χ0n) is 13.5. The Labute approximate surface area is 136 Å². The van der Waals surface area contributed by atoms with E-state index in [-0.39, 0.29) is 22.6 Å². The van der Waals surface area contributed by atoms with Crippen molar-refractivity contribution in [3.63, 3.8) is 0 Å². The lowest BCUT2D eigenvalue weighted by Gasteiger charge is -2.18. The van der Waals surface area contributed by atoms with Gasteiger partial charge in [0.2, 0.25) is 0 Å². The highest BCUT2D eigenvalue weighted by Gasteiger charge is 2.30. The predicted octanol–water partition coefficient (Wildman–Crippen LogP) is 1.23. The maximum absolute atomic E-state index is 12.3. The quantitative estimate of drug-likeness (QED) is 0.493. The number of aromatic nitrogens is 4. The number of phenols is 1. The van der Waals surface area contributed by atoms with Crippen molar-refractivity contribution in [2.75, 3.05) is 7.11 Å². The third kappa shape index (κ3) is 2.32. The van der Waals surface area contributed by atoms with E-state index in [2.05, 4.69) is 20.4 Å². The molecule has 2 aromatic heterocycles. The van der Waals surface area contributed by atoms with Crippen LogP contribution in [0.1, 0.15) is 34.0 Å². The van der Waals surface area contributed by atoms with Crippen LogP contribution in [0.2, 0.25) is 0 Å². The van der Waals surface area contributed by atoms with Crippen LogP contribution in [0.4, 0.5) is 0 Å². The maximum atomic E-state index is 12.3. The van der Waals surface area contributed by atoms with Crippen molar-refractivity contribution < 1.29 is 9.84 Å². The molecule has 0 aliphatic heterocycles. The number of benzene rings is 1. The highest BCUT2D eigenvalue weighted by Crippen LogP contribution is 2.40. The summed E-state index contributed by atoms with van der Waals surface area (Å²) in [5.41, 5.74) is 1.63. The van der Waals surface area contributed by atoms with Crippen molar-refractivity contribution in [2.24, 2.45) is 0 Å². The fraction of sp³-hybridized carbons (Fsp3) is 0.250. The molecule has 0 bridgehead atoms. The van der Waals surface area contributed by atoms with Crippen molar-refractivity contribution in [1.29, 1.82) is 0 Å². The molecule has 2 heterocycles. The normalized spacial score (nSPS) is 11.2. The minimum absolute atomic E-state index is 0.106. The number of aromatic amines is 4. The van der Waals surface area contributed by atoms with Gasteiger partial charge in [-0.25, -0.2) is 0 Å². The largest absolute Gasteiger partial charge is 0.504 e. The molecule has 24 heavy (non-hydrogen) atoms. The number of rotatable bonds is 4. The Bertz CT molecular complexity index is 938. The second-order valence-electron chi connectivity index (χ2n) is 5.57. The van der Waals surface area contributed by atoms with Crippen molar-refractivity contribution in [3.05, 3.63) is 67.0 Å². The van der Waals surface area contributed by atoms with E-state index in [0.717, 1.165) is 0 Å². The number of nitrogens with one attached hydrogen (secondary N) is 4. The fourth-order valence-electron chi connectivity index (χ4n) is 3.00. The Morgan fingerprint density at radius 2 is 1.50 bits per heavy atom. The van der Waals surface area contributed by atoms with Gasteiger partial charge < -0.3 is 20.0 Å². The van der Waals surface area contributed by atoms with Crippen LogP contribution >= 0.6 is 0 Å². The van der Waals surface area contributed by atoms with E-state index in [1.165, 1.54) is 7.11 Å². The fourth-order valence-corrected chi connectivity index (χ4v) is 3.00. The molecular weight excluding hydrogens is 312 g/mol. The summed E-state index contributed by atoms with van der Waals surface area (Å²) >= 11 is 0. The second kappa shape index (κ2) is 5.80. The van der Waals surface area contributed by atoms with Gasteiger partial charge in [0.25, 0.3) is 11.1 Å². The predicted molar refractivity (Wildman–Crippen MR) is 87.9 cm³/mol. The van der Waals surface area contributed by atoms with E-state index >= 15 is 0 Å². The molecule has 0 saturated carbocycles. The number of phenolic OH excluding ortho intramolecular Hbond substituents is 1. The number of para-hydroxylation sites is 1. The summed E-state index contributed by atoms with van der Waals surface area (Å²) in [6, 6.07) is 4.98. The lowest BCUT2D eigenvalue weighted by molar-refractivity contribution is 0.370. The summed E-state index contributed by atoms with van der Waals surface area (Å²) < 4.78 is 5.15. The summed E-state index contributed by atoms with van der Waals surface area (Å²) in [4.78, 5) is 24.6. The lowest BCUT2D eigenvalue weighted by Crippen LogP contribution is -2.20. The number of ether oxygens (including phenoxy) is 1. The molecule has 8 heteroatoms. The first-order valence-corrected chi connectivity index (χ1v) is 7.35. The summed E-state index contributed by atoms with van der Waals surface area (Å²) in [5.74, 6) is -0.582. The minimum atomic E-state index is -0.745. The summed E-state index contributed by atoms with van der Waals surface area (Å²) in [6.07, 6.45) is 0. The molecule has 0 spiro atoms. The van der Waals surface area contributed by atoms with Crippen molar-refractivity contribution in [1.82, 2.24) is 20.4 Å². The molecule has 3 aromatic rings. The molecule has 0 saturated heterocycles. The third-order valence-corrected chi connectivity index (χ3v) is 4.16. The molecular formula is C16H18N4O4. The first-order chi connectivity index (χ1) is 11.5. The summed E-state index contributed by atoms with van der Waals surface area (Å²) in [7, 11) is 1.44. The van der Waals surface area contributed by atoms with Crippen LogP contribution in [0, 0.1) is 13.8 Å². The number of hydrogen-bond donors (Lipinski definition) is 5. The number of aromatic hydroxyl groups is 1. The molecule has 0 unspecified atom stereocenters. The minimum Gasteiger partial charge on any atom is -0.504 e. The zero-order chi connectivity index (χ0) is 17.4. The molecule has 0 amide bonds. The van der Waals surface area contributed by atoms with Crippen LogP contribution in [-0.4, -0.2) is 32.6 Å². The van der Waals surface area contributed by atoms with Gasteiger partial charge in [-0.05, 0) is 19.9 Å². The number of methoxy groups -OCH3 is 1. The second-order valence-corrected chi connectivity index (χ2v) is 5.57. The van der Waals surface area contributed by atoms with Gasteiger partial charge in [-0.3, -0.25) is 19.8 Å². The number of hydrogen-bond acceptors (Lipinski definition) is 4. The Balaban J connectivity index is 2.37. The van der Waals surface area contributed by atoms with Crippen LogP contribution in [0.25, 0.3) is 0 Å². The highest BCUT2D eigenvalue weighted by molar-refractivity contribution is 5.54. The van der Waals surface area contributed by atoms with Gasteiger partial charge in [0.1, 0.15) is 0 Å². The molecule has 0 aliphatic rings. The van der Waals surface area contributed by atoms with E-state index < -0.39 is 5.92 Å². The SMILES string of the molecule is COc1cccc(C(c2c(C)[nH][nH]c2=O)c2c(C)[nH][nH]c2=O)c1O. The first-order valence-electron chi connectivity index (χ1n) is 7.35. The molecule has 5 N–H and O–H groups in total. The topological polar surface area (TPSA) is 127 Å². The number of H-pyrrole nitrogens is 4. The van der Waals surface area contributed by atoms with Crippen molar-refractivity contribution in [3.8, 4) is 11.5 Å². The Hall–Kier alpha value is -3.16. The molecule has 8 nitrogen and oxygen atoms in total. The summed E-state index contributed by atoms with van der Waals surface area (Å²) in [5, 5.41) is 21.1. The molecule has 0 atom stereocenters. The number of aryl methyl sites for hydroxylation is 2. The monoisotopic (exact) mass is 330 g/mol. The van der Waals surface area contributed by atoms with Crippen LogP contribution in [0.5, 0.6) is 11.5 Å². The standard InChI is InChI=1S/C16H18N4O4/c1-7-11(15(22)19-17-7)13(12-8(2)18-20-16(12)23)9-5-4-6-10(24-3)14(9)21/h4-6,13,21H,1-3H3,(H2,17,19,22)(H2,18,20,23). The highest BCUT2D eigenvalue weighted by atomic mass is 16.5. The molecule has 0 radical (unpaired) electrons. The Kier molecular flexibility index (Phi) is 3.80. The molecule has 3 rings (SSSR count). The lowest BCUT2D eigenvalue weighted by atomic mass is 9.84. The molecule has 0 aliphatic carbocycles. The van der Waals surface area contributed by atoms with Crippen LogP contribution in [0.15, 0.2) is 27.8 Å². The van der Waals surface area contributed by atoms with Gasteiger partial charge in [-0.2, -0.15) is 0 Å². The Morgan fingerprint density at radius 3 is 1.92 bits per heavy atom. The van der Waals surface area contributed by atoms with E-state index in [4.69, 9.17) is 4.74 Å². The maximum Gasteiger partial charge on any atom is 0.268 e. The van der Waals surface area contributed by atoms with Crippen LogP contribution < -0.4 is 15.9 Å². The zero-order valence-corrected chi connectivity index (χ0v) is 13.5. The van der Waals surface area contributed by atoms with Crippen LogP contribution in [0.3, 0.4) is 0 Å². The smallest absolute Gasteiger partial charge is 0.268 e. The Morgan fingerprint density at radius 1 is 0.958 bits per heavy atom. The average molecular weight is 330 g/mol. The van der Waals surface area contributed by atoms with Gasteiger partial charge in [0.05, 0.1) is 24.2 Å². The van der Waals surface area contributed by atoms with Gasteiger partial charge in [-0.15, -0.1) is 0 Å². The van der Waals surface area contributed by atoms with E-state index in [9.17, 15) is 14.7 Å². The van der Waals surface area contributed by atoms with Crippen molar-refractivity contribution >= 4 is 0 Å². The summed E-state index contributed by atoms with van der Waals surface area (Å²) in [6.45, 7) is 3.46. The average Bonchev–Trinajstić information content (AvgIpc) is 3.06. The van der Waals surface area contributed by atoms with E-state index in [1.54, 1.807) is 32.0 Å². The van der Waals surface area contributed by atoms with E-state index in [0.29, 0.717) is 28.1 Å². The van der Waals surface area contributed by atoms with Gasteiger partial charge >= 0.3 is 0 Å². The first kappa shape index (κ1) is 15.7. The van der Waals surface area contributed by atoms with Crippen LogP contribution in [-0.2, 0) is 0 Å². The molecule has 126 valence electrons. The van der Waals surface area contributed by atoms with Crippen molar-refractivity contribution in [2.45, 2.75) is 19.8 Å². The van der Waals surface area contributed by atoms with Gasteiger partial charge in [0.15, 0.2) is 11.5 Å². The van der Waals surface area contributed by atoms with Gasteiger partial charge in [-0.1, -0.05) is 12.1 Å². The molecule has 0 fully saturated rings.